The van der Waals surface area contributed by atoms with Crippen LogP contribution in [0.1, 0.15) is 19.3 Å². The summed E-state index contributed by atoms with van der Waals surface area (Å²) in [6.07, 6.45) is 2.85. The number of hydrogen-bond acceptors (Lipinski definition) is 2. The molecular formula is C11H14ClNO. The first-order valence-electron chi connectivity index (χ1n) is 4.96. The van der Waals surface area contributed by atoms with E-state index in [9.17, 15) is 5.11 Å². The van der Waals surface area contributed by atoms with Crippen molar-refractivity contribution in [2.45, 2.75) is 31.4 Å². The second-order valence-corrected chi connectivity index (χ2v) is 4.19. The lowest BCUT2D eigenvalue weighted by molar-refractivity contribution is 0.172. The second-order valence-electron chi connectivity index (χ2n) is 3.76. The molecular weight excluding hydrogens is 198 g/mol. The quantitative estimate of drug-likeness (QED) is 0.789. The smallest absolute Gasteiger partial charge is 0.0741 e. The Morgan fingerprint density at radius 3 is 2.50 bits per heavy atom. The monoisotopic (exact) mass is 211 g/mol. The van der Waals surface area contributed by atoms with Crippen molar-refractivity contribution in [1.29, 1.82) is 0 Å². The van der Waals surface area contributed by atoms with Gasteiger partial charge in [-0.1, -0.05) is 11.6 Å². The molecule has 1 aromatic rings. The molecule has 1 fully saturated rings. The van der Waals surface area contributed by atoms with E-state index in [4.69, 9.17) is 11.6 Å². The van der Waals surface area contributed by atoms with Crippen LogP contribution in [0.5, 0.6) is 0 Å². The first-order chi connectivity index (χ1) is 6.75. The van der Waals surface area contributed by atoms with Crippen LogP contribution < -0.4 is 5.32 Å². The van der Waals surface area contributed by atoms with Gasteiger partial charge in [-0.25, -0.2) is 0 Å². The Morgan fingerprint density at radius 1 is 1.21 bits per heavy atom. The van der Waals surface area contributed by atoms with Gasteiger partial charge in [0.15, 0.2) is 0 Å². The fraction of sp³-hybridized carbons (Fsp3) is 0.455. The minimum Gasteiger partial charge on any atom is -0.391 e. The average Bonchev–Trinajstić information content (AvgIpc) is 2.56. The molecule has 1 aromatic carbocycles. The van der Waals surface area contributed by atoms with Crippen LogP contribution in [0.4, 0.5) is 5.69 Å². The molecule has 0 radical (unpaired) electrons. The SMILES string of the molecule is OC1CCCC1Nc1ccc(Cl)cc1. The minimum atomic E-state index is -0.203. The van der Waals surface area contributed by atoms with Crippen LogP contribution in [0.2, 0.25) is 5.02 Å². The van der Waals surface area contributed by atoms with E-state index in [1.165, 1.54) is 0 Å². The lowest BCUT2D eigenvalue weighted by atomic mass is 10.2. The van der Waals surface area contributed by atoms with Gasteiger partial charge in [-0.3, -0.25) is 0 Å². The average molecular weight is 212 g/mol. The summed E-state index contributed by atoms with van der Waals surface area (Å²) in [4.78, 5) is 0. The number of rotatable bonds is 2. The van der Waals surface area contributed by atoms with Crippen molar-refractivity contribution in [2.75, 3.05) is 5.32 Å². The third-order valence-electron chi connectivity index (χ3n) is 2.68. The fourth-order valence-electron chi connectivity index (χ4n) is 1.87. The minimum absolute atomic E-state index is 0.203. The van der Waals surface area contributed by atoms with Crippen LogP contribution in [0.25, 0.3) is 0 Å². The van der Waals surface area contributed by atoms with Gasteiger partial charge in [-0.2, -0.15) is 0 Å². The number of aliphatic hydroxyl groups is 1. The lowest BCUT2D eigenvalue weighted by Gasteiger charge is -2.17. The molecule has 2 unspecified atom stereocenters. The molecule has 2 nitrogen and oxygen atoms in total. The maximum absolute atomic E-state index is 9.62. The number of nitrogens with one attached hydrogen (secondary N) is 1. The third-order valence-corrected chi connectivity index (χ3v) is 2.93. The Balaban J connectivity index is 2.00. The molecule has 0 aliphatic heterocycles. The Labute approximate surface area is 88.9 Å². The van der Waals surface area contributed by atoms with Crippen LogP contribution in [0.3, 0.4) is 0 Å². The van der Waals surface area contributed by atoms with Gasteiger partial charge in [0, 0.05) is 10.7 Å². The van der Waals surface area contributed by atoms with Gasteiger partial charge in [0.2, 0.25) is 0 Å². The van der Waals surface area contributed by atoms with Gasteiger partial charge >= 0.3 is 0 Å². The number of aliphatic hydroxyl groups excluding tert-OH is 1. The third kappa shape index (κ3) is 2.20. The zero-order chi connectivity index (χ0) is 9.97. The molecule has 1 saturated carbocycles. The number of halogens is 1. The first kappa shape index (κ1) is 9.81. The predicted molar refractivity (Wildman–Crippen MR) is 58.7 cm³/mol. The molecule has 3 heteroatoms. The molecule has 0 heterocycles. The van der Waals surface area contributed by atoms with Crippen LogP contribution in [-0.2, 0) is 0 Å². The second kappa shape index (κ2) is 4.20. The maximum atomic E-state index is 9.62. The highest BCUT2D eigenvalue weighted by molar-refractivity contribution is 6.30. The van der Waals surface area contributed by atoms with Gasteiger partial charge < -0.3 is 10.4 Å². The molecule has 0 saturated heterocycles. The summed E-state index contributed by atoms with van der Waals surface area (Å²) >= 11 is 5.78. The Morgan fingerprint density at radius 2 is 1.93 bits per heavy atom. The summed E-state index contributed by atoms with van der Waals surface area (Å²) in [6, 6.07) is 7.79. The molecule has 0 aromatic heterocycles. The summed E-state index contributed by atoms with van der Waals surface area (Å²) in [5.41, 5.74) is 1.03. The summed E-state index contributed by atoms with van der Waals surface area (Å²) < 4.78 is 0. The van der Waals surface area contributed by atoms with Gasteiger partial charge in [-0.05, 0) is 43.5 Å². The number of anilines is 1. The fourth-order valence-corrected chi connectivity index (χ4v) is 2.00. The highest BCUT2D eigenvalue weighted by Crippen LogP contribution is 2.23. The van der Waals surface area contributed by atoms with E-state index in [0.717, 1.165) is 30.0 Å². The summed E-state index contributed by atoms with van der Waals surface area (Å²) in [7, 11) is 0. The van der Waals surface area contributed by atoms with Crippen LogP contribution >= 0.6 is 11.6 Å². The van der Waals surface area contributed by atoms with Gasteiger partial charge in [-0.15, -0.1) is 0 Å². The largest absolute Gasteiger partial charge is 0.391 e. The van der Waals surface area contributed by atoms with Crippen molar-refractivity contribution in [3.05, 3.63) is 29.3 Å². The highest BCUT2D eigenvalue weighted by atomic mass is 35.5. The Kier molecular flexibility index (Phi) is 2.94. The van der Waals surface area contributed by atoms with E-state index < -0.39 is 0 Å². The zero-order valence-corrected chi connectivity index (χ0v) is 8.67. The zero-order valence-electron chi connectivity index (χ0n) is 7.91. The molecule has 0 bridgehead atoms. The van der Waals surface area contributed by atoms with Gasteiger partial charge in [0.25, 0.3) is 0 Å². The highest BCUT2D eigenvalue weighted by Gasteiger charge is 2.24. The van der Waals surface area contributed by atoms with Crippen molar-refractivity contribution in [3.8, 4) is 0 Å². The summed E-state index contributed by atoms with van der Waals surface area (Å²) in [5.74, 6) is 0. The van der Waals surface area contributed by atoms with Crippen molar-refractivity contribution < 1.29 is 5.11 Å². The van der Waals surface area contributed by atoms with E-state index in [2.05, 4.69) is 5.32 Å². The van der Waals surface area contributed by atoms with Crippen LogP contribution in [0, 0.1) is 0 Å². The van der Waals surface area contributed by atoms with Crippen molar-refractivity contribution in [3.63, 3.8) is 0 Å². The first-order valence-corrected chi connectivity index (χ1v) is 5.34. The van der Waals surface area contributed by atoms with E-state index in [0.29, 0.717) is 0 Å². The van der Waals surface area contributed by atoms with E-state index in [1.54, 1.807) is 0 Å². The molecule has 1 aliphatic rings. The van der Waals surface area contributed by atoms with Crippen LogP contribution in [0.15, 0.2) is 24.3 Å². The molecule has 0 spiro atoms. The lowest BCUT2D eigenvalue weighted by Crippen LogP contribution is -2.27. The number of benzene rings is 1. The number of hydrogen-bond donors (Lipinski definition) is 2. The molecule has 2 N–H and O–H groups in total. The van der Waals surface area contributed by atoms with E-state index >= 15 is 0 Å². The predicted octanol–water partition coefficient (Wildman–Crippen LogP) is 2.67. The van der Waals surface area contributed by atoms with Crippen molar-refractivity contribution >= 4 is 17.3 Å². The van der Waals surface area contributed by atoms with E-state index in [1.807, 2.05) is 24.3 Å². The molecule has 14 heavy (non-hydrogen) atoms. The van der Waals surface area contributed by atoms with Gasteiger partial charge in [0.05, 0.1) is 12.1 Å². The standard InChI is InChI=1S/C11H14ClNO/c12-8-4-6-9(7-5-8)13-10-2-1-3-11(10)14/h4-7,10-11,13-14H,1-3H2. The van der Waals surface area contributed by atoms with Crippen molar-refractivity contribution in [1.82, 2.24) is 0 Å². The molecule has 2 atom stereocenters. The summed E-state index contributed by atoms with van der Waals surface area (Å²) in [6.45, 7) is 0. The Bertz CT molecular complexity index is 299. The molecule has 1 aliphatic carbocycles. The molecule has 2 rings (SSSR count). The Hall–Kier alpha value is -0.730. The van der Waals surface area contributed by atoms with Gasteiger partial charge in [0.1, 0.15) is 0 Å². The molecule has 76 valence electrons. The van der Waals surface area contributed by atoms with Crippen LogP contribution in [-0.4, -0.2) is 17.3 Å². The van der Waals surface area contributed by atoms with E-state index in [-0.39, 0.29) is 12.1 Å². The normalized spacial score (nSPS) is 26.4. The van der Waals surface area contributed by atoms with Crippen molar-refractivity contribution in [2.24, 2.45) is 0 Å². The molecule has 0 amide bonds. The maximum Gasteiger partial charge on any atom is 0.0741 e. The summed E-state index contributed by atoms with van der Waals surface area (Å²) in [5, 5.41) is 13.7. The topological polar surface area (TPSA) is 32.3 Å².